The number of benzene rings is 3. The number of nitrogens with zero attached hydrogens (tertiary/aromatic N) is 4. The number of rotatable bonds is 6. The van der Waals surface area contributed by atoms with Crippen LogP contribution in [0.4, 0.5) is 0 Å². The van der Waals surface area contributed by atoms with Crippen molar-refractivity contribution in [2.75, 3.05) is 0 Å². The van der Waals surface area contributed by atoms with Crippen molar-refractivity contribution >= 4 is 17.5 Å². The Balaban J connectivity index is 1.63. The molecule has 1 atom stereocenters. The third kappa shape index (κ3) is 3.77. The lowest BCUT2D eigenvalue weighted by atomic mass is 9.69. The second-order valence-electron chi connectivity index (χ2n) is 9.74. The molecule has 6 rings (SSSR count). The molecule has 0 fully saturated rings. The number of thioether (sulfide) groups is 1. The van der Waals surface area contributed by atoms with E-state index in [2.05, 4.69) is 89.1 Å². The van der Waals surface area contributed by atoms with Crippen LogP contribution in [0.3, 0.4) is 0 Å². The summed E-state index contributed by atoms with van der Waals surface area (Å²) in [6.07, 6.45) is 1.71. The Morgan fingerprint density at radius 3 is 2.28 bits per heavy atom. The predicted octanol–water partition coefficient (Wildman–Crippen LogP) is 6.12. The molecule has 2 aromatic heterocycles. The molecule has 0 aliphatic heterocycles. The van der Waals surface area contributed by atoms with Crippen LogP contribution in [0.2, 0.25) is 0 Å². The van der Waals surface area contributed by atoms with Crippen molar-refractivity contribution in [1.82, 2.24) is 19.2 Å². The van der Waals surface area contributed by atoms with Gasteiger partial charge in [0, 0.05) is 22.3 Å². The Bertz CT molecular complexity index is 1610. The van der Waals surface area contributed by atoms with Gasteiger partial charge < -0.3 is 0 Å². The number of hydrogen-bond donors (Lipinski definition) is 0. The first-order chi connectivity index (χ1) is 17.6. The molecule has 5 nitrogen and oxygen atoms in total. The zero-order valence-corrected chi connectivity index (χ0v) is 21.3. The Morgan fingerprint density at radius 1 is 0.889 bits per heavy atom. The van der Waals surface area contributed by atoms with Gasteiger partial charge in [-0.25, -0.2) is 0 Å². The van der Waals surface area contributed by atoms with Gasteiger partial charge in [0.15, 0.2) is 5.16 Å². The number of hydrogen-bond acceptors (Lipinski definition) is 4. The smallest absolute Gasteiger partial charge is 0.259 e. The summed E-state index contributed by atoms with van der Waals surface area (Å²) in [6.45, 7) is 4.86. The summed E-state index contributed by atoms with van der Waals surface area (Å²) in [5.41, 5.74) is 6.24. The number of aromatic nitrogens is 4. The Morgan fingerprint density at radius 2 is 1.56 bits per heavy atom. The lowest BCUT2D eigenvalue weighted by molar-refractivity contribution is 0.435. The Hall–Kier alpha value is -3.64. The van der Waals surface area contributed by atoms with Crippen molar-refractivity contribution in [1.29, 1.82) is 0 Å². The normalized spacial score (nSPS) is 16.6. The first-order valence-electron chi connectivity index (χ1n) is 12.4. The fourth-order valence-corrected chi connectivity index (χ4v) is 6.20. The highest BCUT2D eigenvalue weighted by atomic mass is 32.2. The summed E-state index contributed by atoms with van der Waals surface area (Å²) in [7, 11) is 0. The van der Waals surface area contributed by atoms with Gasteiger partial charge in [-0.05, 0) is 29.5 Å². The molecule has 1 aliphatic carbocycles. The van der Waals surface area contributed by atoms with E-state index >= 15 is 0 Å². The third-order valence-electron chi connectivity index (χ3n) is 7.41. The molecule has 1 aliphatic rings. The van der Waals surface area contributed by atoms with Crippen LogP contribution in [0.1, 0.15) is 42.5 Å². The molecule has 180 valence electrons. The van der Waals surface area contributed by atoms with Gasteiger partial charge >= 0.3 is 0 Å². The molecule has 0 saturated carbocycles. The van der Waals surface area contributed by atoms with E-state index in [4.69, 9.17) is 0 Å². The van der Waals surface area contributed by atoms with Crippen LogP contribution in [0, 0.1) is 0 Å². The molecule has 0 amide bonds. The van der Waals surface area contributed by atoms with Crippen LogP contribution in [0.15, 0.2) is 94.9 Å². The van der Waals surface area contributed by atoms with E-state index in [1.54, 1.807) is 11.8 Å². The van der Waals surface area contributed by atoms with Crippen LogP contribution in [-0.4, -0.2) is 19.2 Å². The maximum absolute atomic E-state index is 14.3. The second kappa shape index (κ2) is 9.10. The minimum absolute atomic E-state index is 0.0345. The van der Waals surface area contributed by atoms with Gasteiger partial charge in [0.25, 0.3) is 5.56 Å². The summed E-state index contributed by atoms with van der Waals surface area (Å²) in [4.78, 5) is 14.3. The van der Waals surface area contributed by atoms with Crippen molar-refractivity contribution in [3.8, 4) is 11.3 Å². The monoisotopic (exact) mass is 492 g/mol. The van der Waals surface area contributed by atoms with E-state index in [-0.39, 0.29) is 11.0 Å². The fourth-order valence-electron chi connectivity index (χ4n) is 5.31. The van der Waals surface area contributed by atoms with Crippen LogP contribution in [0.5, 0.6) is 0 Å². The minimum atomic E-state index is -0.279. The lowest BCUT2D eigenvalue weighted by Crippen LogP contribution is -2.40. The molecule has 6 heteroatoms. The molecule has 36 heavy (non-hydrogen) atoms. The van der Waals surface area contributed by atoms with Gasteiger partial charge in [-0.3, -0.25) is 13.8 Å². The van der Waals surface area contributed by atoms with Crippen LogP contribution in [-0.2, 0) is 24.1 Å². The van der Waals surface area contributed by atoms with E-state index in [1.807, 2.05) is 28.8 Å². The van der Waals surface area contributed by atoms with Crippen molar-refractivity contribution in [3.05, 3.63) is 118 Å². The molecule has 0 N–H and O–H groups in total. The van der Waals surface area contributed by atoms with Gasteiger partial charge in [0.1, 0.15) is 0 Å². The zero-order valence-electron chi connectivity index (χ0n) is 20.5. The largest absolute Gasteiger partial charge is 0.272 e. The molecule has 0 saturated heterocycles. The summed E-state index contributed by atoms with van der Waals surface area (Å²) in [5, 5.41) is 10.0. The van der Waals surface area contributed by atoms with Crippen molar-refractivity contribution in [2.24, 2.45) is 0 Å². The molecule has 0 spiro atoms. The van der Waals surface area contributed by atoms with Crippen molar-refractivity contribution in [3.63, 3.8) is 0 Å². The molecule has 3 aromatic carbocycles. The molecular formula is C30H28N4OS. The average Bonchev–Trinajstić information content (AvgIpc) is 3.34. The van der Waals surface area contributed by atoms with Gasteiger partial charge in [-0.2, -0.15) is 0 Å². The summed E-state index contributed by atoms with van der Waals surface area (Å²) in [6, 6.07) is 29.0. The van der Waals surface area contributed by atoms with Crippen LogP contribution >= 0.6 is 11.8 Å². The van der Waals surface area contributed by atoms with Gasteiger partial charge in [0.05, 0.1) is 12.2 Å². The van der Waals surface area contributed by atoms with Gasteiger partial charge in [0.2, 0.25) is 5.78 Å². The first kappa shape index (κ1) is 22.8. The van der Waals surface area contributed by atoms with Crippen LogP contribution in [0.25, 0.3) is 17.0 Å². The van der Waals surface area contributed by atoms with E-state index in [0.29, 0.717) is 12.3 Å². The van der Waals surface area contributed by atoms with Crippen LogP contribution < -0.4 is 5.56 Å². The predicted molar refractivity (Wildman–Crippen MR) is 146 cm³/mol. The van der Waals surface area contributed by atoms with E-state index in [9.17, 15) is 4.79 Å². The molecular weight excluding hydrogens is 464 g/mol. The van der Waals surface area contributed by atoms with E-state index in [1.165, 1.54) is 11.1 Å². The standard InChI is InChI=1S/C30H28N4OS/c1-3-30(2)18-23-16-10-11-17-24(23)26-25(30)27(35)33(19-21-12-6-4-7-13-21)28-31-32-29(34(26)28)36-20-22-14-8-5-9-15-22/h4-17H,3,18-20H2,1-2H3/t30-/m0/s1. The van der Waals surface area contributed by atoms with E-state index < -0.39 is 0 Å². The SMILES string of the molecule is CC[C@@]1(C)Cc2ccccc2-c2c1c(=O)n(Cc1ccccc1)c1nnc(SCc3ccccc3)n21. The highest BCUT2D eigenvalue weighted by Crippen LogP contribution is 2.44. The number of fused-ring (bicyclic) bond motifs is 5. The van der Waals surface area contributed by atoms with Gasteiger partial charge in [-0.15, -0.1) is 10.2 Å². The lowest BCUT2D eigenvalue weighted by Gasteiger charge is -2.36. The first-order valence-corrected chi connectivity index (χ1v) is 13.4. The topological polar surface area (TPSA) is 52.2 Å². The Labute approximate surface area is 214 Å². The molecule has 0 radical (unpaired) electrons. The minimum Gasteiger partial charge on any atom is -0.272 e. The zero-order chi connectivity index (χ0) is 24.7. The molecule has 2 heterocycles. The van der Waals surface area contributed by atoms with Gasteiger partial charge in [-0.1, -0.05) is 111 Å². The fraction of sp³-hybridized carbons (Fsp3) is 0.233. The third-order valence-corrected chi connectivity index (χ3v) is 8.41. The summed E-state index contributed by atoms with van der Waals surface area (Å²) >= 11 is 1.66. The maximum atomic E-state index is 14.3. The summed E-state index contributed by atoms with van der Waals surface area (Å²) in [5.74, 6) is 1.37. The highest BCUT2D eigenvalue weighted by Gasteiger charge is 2.39. The Kier molecular flexibility index (Phi) is 5.76. The quantitative estimate of drug-likeness (QED) is 0.268. The summed E-state index contributed by atoms with van der Waals surface area (Å²) < 4.78 is 3.95. The van der Waals surface area contributed by atoms with Crippen molar-refractivity contribution in [2.45, 2.75) is 49.6 Å². The second-order valence-corrected chi connectivity index (χ2v) is 10.7. The van der Waals surface area contributed by atoms with Crippen molar-refractivity contribution < 1.29 is 0 Å². The van der Waals surface area contributed by atoms with E-state index in [0.717, 1.165) is 46.1 Å². The highest BCUT2D eigenvalue weighted by molar-refractivity contribution is 7.98. The molecule has 0 unspecified atom stereocenters. The maximum Gasteiger partial charge on any atom is 0.259 e. The molecule has 0 bridgehead atoms. The molecule has 5 aromatic rings. The average molecular weight is 493 g/mol.